The summed E-state index contributed by atoms with van der Waals surface area (Å²) >= 11 is 0. The molecule has 5 heteroatoms. The van der Waals surface area contributed by atoms with Crippen molar-refractivity contribution in [2.45, 2.75) is 19.8 Å². The van der Waals surface area contributed by atoms with Crippen molar-refractivity contribution in [3.8, 4) is 0 Å². The highest BCUT2D eigenvalue weighted by molar-refractivity contribution is 5.81. The van der Waals surface area contributed by atoms with Crippen LogP contribution in [-0.4, -0.2) is 17.6 Å². The number of rotatable bonds is 3. The van der Waals surface area contributed by atoms with E-state index >= 15 is 0 Å². The molecule has 0 fully saturated rings. The van der Waals surface area contributed by atoms with Gasteiger partial charge < -0.3 is 9.15 Å². The van der Waals surface area contributed by atoms with E-state index in [1.54, 1.807) is 19.2 Å². The zero-order valence-corrected chi connectivity index (χ0v) is 11.5. The van der Waals surface area contributed by atoms with Gasteiger partial charge in [0.05, 0.1) is 18.5 Å². The predicted octanol–water partition coefficient (Wildman–Crippen LogP) is 2.04. The number of carbonyl (C=O) groups excluding carboxylic acids is 1. The Kier molecular flexibility index (Phi) is 3.46. The first-order chi connectivity index (χ1) is 8.95. The molecule has 0 saturated carbocycles. The van der Waals surface area contributed by atoms with Crippen LogP contribution in [0.5, 0.6) is 0 Å². The van der Waals surface area contributed by atoms with Crippen LogP contribution >= 0.6 is 0 Å². The molecule has 0 aliphatic carbocycles. The number of ether oxygens (including phenoxy) is 1. The fourth-order valence-corrected chi connectivity index (χ4v) is 2.26. The van der Waals surface area contributed by atoms with Gasteiger partial charge in [0.15, 0.2) is 5.58 Å². The largest absolute Gasteiger partial charge is 0.469 e. The molecule has 1 heterocycles. The van der Waals surface area contributed by atoms with Crippen molar-refractivity contribution < 1.29 is 13.9 Å². The van der Waals surface area contributed by atoms with Crippen molar-refractivity contribution in [2.24, 2.45) is 13.0 Å². The standard InChI is InChI=1S/C14H17NO4/c1-8(2)12(13(16)18-4)9-5-6-10-11(7-9)19-14(17)15(10)3/h5-8,12H,1-4H3. The Morgan fingerprint density at radius 3 is 2.63 bits per heavy atom. The van der Waals surface area contributed by atoms with E-state index in [2.05, 4.69) is 0 Å². The maximum atomic E-state index is 11.8. The number of esters is 1. The van der Waals surface area contributed by atoms with Gasteiger partial charge in [-0.25, -0.2) is 4.79 Å². The van der Waals surface area contributed by atoms with Crippen LogP contribution in [0, 0.1) is 5.92 Å². The summed E-state index contributed by atoms with van der Waals surface area (Å²) < 4.78 is 11.4. The van der Waals surface area contributed by atoms with Gasteiger partial charge in [-0.05, 0) is 23.6 Å². The number of nitrogens with zero attached hydrogens (tertiary/aromatic N) is 1. The quantitative estimate of drug-likeness (QED) is 0.795. The van der Waals surface area contributed by atoms with Crippen LogP contribution in [0.15, 0.2) is 27.4 Å². The molecule has 0 bridgehead atoms. The van der Waals surface area contributed by atoms with Gasteiger partial charge in [0, 0.05) is 7.05 Å². The van der Waals surface area contributed by atoms with E-state index in [-0.39, 0.29) is 17.8 Å². The SMILES string of the molecule is COC(=O)C(c1ccc2c(c1)oc(=O)n2C)C(C)C. The Balaban J connectivity index is 2.55. The Hall–Kier alpha value is -2.04. The molecule has 1 unspecified atom stereocenters. The molecular weight excluding hydrogens is 246 g/mol. The maximum Gasteiger partial charge on any atom is 0.419 e. The molecule has 1 atom stereocenters. The first kappa shape index (κ1) is 13.4. The normalized spacial score (nSPS) is 12.9. The van der Waals surface area contributed by atoms with Gasteiger partial charge in [-0.2, -0.15) is 0 Å². The summed E-state index contributed by atoms with van der Waals surface area (Å²) in [5, 5.41) is 0. The number of oxazole rings is 1. The lowest BCUT2D eigenvalue weighted by Gasteiger charge is -2.18. The summed E-state index contributed by atoms with van der Waals surface area (Å²) in [6.07, 6.45) is 0. The molecule has 1 aromatic carbocycles. The molecule has 19 heavy (non-hydrogen) atoms. The number of hydrogen-bond acceptors (Lipinski definition) is 4. The molecule has 1 aromatic heterocycles. The highest BCUT2D eigenvalue weighted by atomic mass is 16.5. The first-order valence-corrected chi connectivity index (χ1v) is 6.13. The highest BCUT2D eigenvalue weighted by Crippen LogP contribution is 2.28. The Morgan fingerprint density at radius 2 is 2.05 bits per heavy atom. The smallest absolute Gasteiger partial charge is 0.419 e. The van der Waals surface area contributed by atoms with E-state index in [1.165, 1.54) is 11.7 Å². The van der Waals surface area contributed by atoms with Gasteiger partial charge in [-0.3, -0.25) is 9.36 Å². The second-order valence-corrected chi connectivity index (χ2v) is 4.90. The van der Waals surface area contributed by atoms with Crippen LogP contribution < -0.4 is 5.76 Å². The van der Waals surface area contributed by atoms with Gasteiger partial charge in [0.2, 0.25) is 0 Å². The topological polar surface area (TPSA) is 61.4 Å². The Labute approximate surface area is 110 Å². The Morgan fingerprint density at radius 1 is 1.37 bits per heavy atom. The minimum absolute atomic E-state index is 0.0975. The second kappa shape index (κ2) is 4.91. The van der Waals surface area contributed by atoms with Crippen molar-refractivity contribution >= 4 is 17.1 Å². The minimum Gasteiger partial charge on any atom is -0.469 e. The van der Waals surface area contributed by atoms with Gasteiger partial charge in [-0.1, -0.05) is 19.9 Å². The second-order valence-electron chi connectivity index (χ2n) is 4.90. The summed E-state index contributed by atoms with van der Waals surface area (Å²) in [6, 6.07) is 5.35. The molecule has 0 spiro atoms. The first-order valence-electron chi connectivity index (χ1n) is 6.13. The molecule has 0 N–H and O–H groups in total. The zero-order chi connectivity index (χ0) is 14.2. The van der Waals surface area contributed by atoms with Crippen LogP contribution in [-0.2, 0) is 16.6 Å². The molecule has 102 valence electrons. The number of hydrogen-bond donors (Lipinski definition) is 0. The number of aromatic nitrogens is 1. The summed E-state index contributed by atoms with van der Waals surface area (Å²) in [5.41, 5.74) is 1.99. The molecular formula is C14H17NO4. The lowest BCUT2D eigenvalue weighted by Crippen LogP contribution is -2.19. The number of aryl methyl sites for hydroxylation is 1. The molecule has 5 nitrogen and oxygen atoms in total. The van der Waals surface area contributed by atoms with Gasteiger partial charge >= 0.3 is 11.7 Å². The van der Waals surface area contributed by atoms with Gasteiger partial charge in [-0.15, -0.1) is 0 Å². The number of methoxy groups -OCH3 is 1. The maximum absolute atomic E-state index is 11.8. The predicted molar refractivity (Wildman–Crippen MR) is 71.1 cm³/mol. The average Bonchev–Trinajstić information content (AvgIpc) is 2.64. The van der Waals surface area contributed by atoms with Crippen molar-refractivity contribution in [3.63, 3.8) is 0 Å². The van der Waals surface area contributed by atoms with Crippen LogP contribution in [0.1, 0.15) is 25.3 Å². The van der Waals surface area contributed by atoms with E-state index in [4.69, 9.17) is 9.15 Å². The van der Waals surface area contributed by atoms with Crippen molar-refractivity contribution in [3.05, 3.63) is 34.3 Å². The fourth-order valence-electron chi connectivity index (χ4n) is 2.26. The number of benzene rings is 1. The van der Waals surface area contributed by atoms with E-state index in [0.29, 0.717) is 11.1 Å². The Bertz CT molecular complexity index is 666. The molecule has 2 aromatic rings. The van der Waals surface area contributed by atoms with Crippen LogP contribution in [0.25, 0.3) is 11.1 Å². The van der Waals surface area contributed by atoms with E-state index < -0.39 is 5.76 Å². The van der Waals surface area contributed by atoms with E-state index in [0.717, 1.165) is 5.56 Å². The summed E-state index contributed by atoms with van der Waals surface area (Å²) in [4.78, 5) is 23.3. The minimum atomic E-state index is -0.411. The highest BCUT2D eigenvalue weighted by Gasteiger charge is 2.25. The van der Waals surface area contributed by atoms with Crippen molar-refractivity contribution in [2.75, 3.05) is 7.11 Å². The molecule has 0 saturated heterocycles. The van der Waals surface area contributed by atoms with Crippen molar-refractivity contribution in [1.82, 2.24) is 4.57 Å². The van der Waals surface area contributed by atoms with E-state index in [1.807, 2.05) is 19.9 Å². The third kappa shape index (κ3) is 2.28. The summed E-state index contributed by atoms with van der Waals surface area (Å²) in [5.74, 6) is -0.959. The molecule has 0 aliphatic heterocycles. The molecule has 2 rings (SSSR count). The van der Waals surface area contributed by atoms with Crippen LogP contribution in [0.4, 0.5) is 0 Å². The molecule has 0 radical (unpaired) electrons. The third-order valence-corrected chi connectivity index (χ3v) is 3.30. The van der Waals surface area contributed by atoms with Gasteiger partial charge in [0.25, 0.3) is 0 Å². The number of carbonyl (C=O) groups is 1. The van der Waals surface area contributed by atoms with Gasteiger partial charge in [0.1, 0.15) is 0 Å². The lowest BCUT2D eigenvalue weighted by molar-refractivity contribution is -0.143. The van der Waals surface area contributed by atoms with Crippen LogP contribution in [0.3, 0.4) is 0 Å². The summed E-state index contributed by atoms with van der Waals surface area (Å²) in [7, 11) is 3.02. The lowest BCUT2D eigenvalue weighted by atomic mass is 9.88. The van der Waals surface area contributed by atoms with Crippen LogP contribution in [0.2, 0.25) is 0 Å². The zero-order valence-electron chi connectivity index (χ0n) is 11.5. The monoisotopic (exact) mass is 263 g/mol. The van der Waals surface area contributed by atoms with E-state index in [9.17, 15) is 9.59 Å². The molecule has 0 amide bonds. The molecule has 0 aliphatic rings. The summed E-state index contributed by atoms with van der Waals surface area (Å²) in [6.45, 7) is 3.90. The number of fused-ring (bicyclic) bond motifs is 1. The van der Waals surface area contributed by atoms with Crippen molar-refractivity contribution in [1.29, 1.82) is 0 Å². The fraction of sp³-hybridized carbons (Fsp3) is 0.429. The average molecular weight is 263 g/mol. The third-order valence-electron chi connectivity index (χ3n) is 3.30.